The summed E-state index contributed by atoms with van der Waals surface area (Å²) in [7, 11) is 1.87. The lowest BCUT2D eigenvalue weighted by atomic mass is 10.0. The highest BCUT2D eigenvalue weighted by Crippen LogP contribution is 2.30. The van der Waals surface area contributed by atoms with E-state index in [-0.39, 0.29) is 17.9 Å². The highest BCUT2D eigenvalue weighted by atomic mass is 35.5. The van der Waals surface area contributed by atoms with E-state index in [1.807, 2.05) is 37.4 Å². The lowest BCUT2D eigenvalue weighted by Crippen LogP contribution is -2.42. The largest absolute Gasteiger partial charge is 0.354 e. The third kappa shape index (κ3) is 4.65. The van der Waals surface area contributed by atoms with Gasteiger partial charge in [-0.3, -0.25) is 9.69 Å². The Morgan fingerprint density at radius 1 is 1.27 bits per heavy atom. The molecule has 1 amide bonds. The number of carbonyl (C=O) groups excluding carboxylic acids is 1. The van der Waals surface area contributed by atoms with Gasteiger partial charge in [-0.2, -0.15) is 0 Å². The van der Waals surface area contributed by atoms with Gasteiger partial charge in [-0.15, -0.1) is 11.3 Å². The molecule has 2 aromatic rings. The van der Waals surface area contributed by atoms with Crippen LogP contribution in [0.1, 0.15) is 29.0 Å². The maximum atomic E-state index is 12.4. The Labute approximate surface area is 164 Å². The molecule has 140 valence electrons. The number of thiophene rings is 1. The van der Waals surface area contributed by atoms with Gasteiger partial charge < -0.3 is 10.6 Å². The first kappa shape index (κ1) is 19.4. The molecule has 2 atom stereocenters. The molecule has 1 aliphatic heterocycles. The number of amides is 1. The van der Waals surface area contributed by atoms with Crippen molar-refractivity contribution in [1.82, 2.24) is 15.5 Å². The predicted octanol–water partition coefficient (Wildman–Crippen LogP) is 3.47. The molecule has 0 fully saturated rings. The van der Waals surface area contributed by atoms with Crippen molar-refractivity contribution in [1.29, 1.82) is 0 Å². The summed E-state index contributed by atoms with van der Waals surface area (Å²) in [6.45, 7) is 5.16. The van der Waals surface area contributed by atoms with Crippen LogP contribution in [0.5, 0.6) is 0 Å². The minimum Gasteiger partial charge on any atom is -0.354 e. The van der Waals surface area contributed by atoms with Crippen LogP contribution in [0, 0.1) is 5.92 Å². The van der Waals surface area contributed by atoms with Gasteiger partial charge in [0.25, 0.3) is 0 Å². The van der Waals surface area contributed by atoms with Gasteiger partial charge in [0.15, 0.2) is 0 Å². The highest BCUT2D eigenvalue weighted by molar-refractivity contribution is 7.10. The van der Waals surface area contributed by atoms with Crippen LogP contribution in [0.25, 0.3) is 0 Å². The molecule has 2 unspecified atom stereocenters. The normalized spacial score (nSPS) is 16.7. The van der Waals surface area contributed by atoms with Crippen molar-refractivity contribution in [2.45, 2.75) is 25.9 Å². The van der Waals surface area contributed by atoms with Gasteiger partial charge >= 0.3 is 0 Å². The Kier molecular flexibility index (Phi) is 6.70. The van der Waals surface area contributed by atoms with Crippen molar-refractivity contribution in [3.05, 3.63) is 56.7 Å². The second-order valence-electron chi connectivity index (χ2n) is 6.86. The average Bonchev–Trinajstić information content (AvgIpc) is 3.11. The number of fused-ring (bicyclic) bond motifs is 1. The van der Waals surface area contributed by atoms with Crippen molar-refractivity contribution in [2.75, 3.05) is 26.7 Å². The Balaban J connectivity index is 1.74. The number of carbonyl (C=O) groups is 1. The van der Waals surface area contributed by atoms with Crippen molar-refractivity contribution in [3.8, 4) is 0 Å². The fourth-order valence-electron chi connectivity index (χ4n) is 3.45. The van der Waals surface area contributed by atoms with E-state index in [9.17, 15) is 4.79 Å². The van der Waals surface area contributed by atoms with Crippen LogP contribution in [0.3, 0.4) is 0 Å². The second-order valence-corrected chi connectivity index (χ2v) is 8.30. The number of halogens is 1. The van der Waals surface area contributed by atoms with E-state index in [0.29, 0.717) is 13.1 Å². The molecule has 2 N–H and O–H groups in total. The van der Waals surface area contributed by atoms with Crippen LogP contribution in [-0.4, -0.2) is 37.5 Å². The van der Waals surface area contributed by atoms with Crippen molar-refractivity contribution < 1.29 is 4.79 Å². The minimum absolute atomic E-state index is 0.0456. The molecular weight excluding hydrogens is 366 g/mol. The van der Waals surface area contributed by atoms with Crippen molar-refractivity contribution in [3.63, 3.8) is 0 Å². The van der Waals surface area contributed by atoms with Gasteiger partial charge in [0, 0.05) is 42.0 Å². The zero-order valence-corrected chi connectivity index (χ0v) is 16.9. The number of nitrogens with one attached hydrogen (secondary N) is 2. The van der Waals surface area contributed by atoms with Crippen LogP contribution >= 0.6 is 22.9 Å². The monoisotopic (exact) mass is 391 g/mol. The number of benzene rings is 1. The van der Waals surface area contributed by atoms with E-state index in [0.717, 1.165) is 24.5 Å². The average molecular weight is 392 g/mol. The van der Waals surface area contributed by atoms with Gasteiger partial charge in [-0.05, 0) is 48.2 Å². The van der Waals surface area contributed by atoms with Crippen molar-refractivity contribution in [2.24, 2.45) is 5.92 Å². The smallest absolute Gasteiger partial charge is 0.224 e. The Hall–Kier alpha value is -1.40. The SMILES string of the molecule is CNCC(C)C(=O)NCC(c1ccc(Cl)cc1)N1CCc2sccc2C1. The molecule has 0 saturated heterocycles. The summed E-state index contributed by atoms with van der Waals surface area (Å²) in [6.07, 6.45) is 1.07. The molecule has 0 bridgehead atoms. The third-order valence-electron chi connectivity index (χ3n) is 4.96. The first-order chi connectivity index (χ1) is 12.6. The summed E-state index contributed by atoms with van der Waals surface area (Å²) in [5, 5.41) is 9.11. The van der Waals surface area contributed by atoms with E-state index in [1.54, 1.807) is 0 Å². The summed E-state index contributed by atoms with van der Waals surface area (Å²) in [5.74, 6) is 0.0437. The maximum Gasteiger partial charge on any atom is 0.224 e. The highest BCUT2D eigenvalue weighted by Gasteiger charge is 2.26. The Morgan fingerprint density at radius 3 is 2.77 bits per heavy atom. The predicted molar refractivity (Wildman–Crippen MR) is 109 cm³/mol. The van der Waals surface area contributed by atoms with E-state index < -0.39 is 0 Å². The first-order valence-corrected chi connectivity index (χ1v) is 10.3. The second kappa shape index (κ2) is 9.00. The van der Waals surface area contributed by atoms with Crippen LogP contribution in [-0.2, 0) is 17.8 Å². The molecular formula is C20H26ClN3OS. The van der Waals surface area contributed by atoms with Crippen LogP contribution in [0.15, 0.2) is 35.7 Å². The van der Waals surface area contributed by atoms with Crippen LogP contribution < -0.4 is 10.6 Å². The fraction of sp³-hybridized carbons (Fsp3) is 0.450. The van der Waals surface area contributed by atoms with Crippen molar-refractivity contribution >= 4 is 28.8 Å². The number of rotatable bonds is 7. The van der Waals surface area contributed by atoms with Gasteiger partial charge in [0.05, 0.1) is 6.04 Å². The molecule has 0 spiro atoms. The molecule has 2 heterocycles. The van der Waals surface area contributed by atoms with Gasteiger partial charge in [-0.1, -0.05) is 30.7 Å². The molecule has 26 heavy (non-hydrogen) atoms. The van der Waals surface area contributed by atoms with E-state index in [4.69, 9.17) is 11.6 Å². The Morgan fingerprint density at radius 2 is 2.04 bits per heavy atom. The van der Waals surface area contributed by atoms with E-state index in [2.05, 4.69) is 39.1 Å². The molecule has 3 rings (SSSR count). The summed E-state index contributed by atoms with van der Waals surface area (Å²) >= 11 is 7.91. The van der Waals surface area contributed by atoms with E-state index in [1.165, 1.54) is 16.0 Å². The molecule has 0 radical (unpaired) electrons. The van der Waals surface area contributed by atoms with Gasteiger partial charge in [-0.25, -0.2) is 0 Å². The summed E-state index contributed by atoms with van der Waals surface area (Å²) in [4.78, 5) is 16.3. The number of hydrogen-bond donors (Lipinski definition) is 2. The van der Waals surface area contributed by atoms with Crippen LogP contribution in [0.4, 0.5) is 0 Å². The number of hydrogen-bond acceptors (Lipinski definition) is 4. The lowest BCUT2D eigenvalue weighted by Gasteiger charge is -2.35. The minimum atomic E-state index is -0.0456. The van der Waals surface area contributed by atoms with E-state index >= 15 is 0 Å². The number of nitrogens with zero attached hydrogens (tertiary/aromatic N) is 1. The van der Waals surface area contributed by atoms with Crippen LogP contribution in [0.2, 0.25) is 5.02 Å². The molecule has 1 aliphatic rings. The topological polar surface area (TPSA) is 44.4 Å². The molecule has 0 saturated carbocycles. The van der Waals surface area contributed by atoms with Gasteiger partial charge in [0.1, 0.15) is 0 Å². The summed E-state index contributed by atoms with van der Waals surface area (Å²) < 4.78 is 0. The fourth-order valence-corrected chi connectivity index (χ4v) is 4.47. The molecule has 1 aromatic heterocycles. The molecule has 1 aromatic carbocycles. The molecule has 0 aliphatic carbocycles. The molecule has 4 nitrogen and oxygen atoms in total. The first-order valence-electron chi connectivity index (χ1n) is 9.05. The summed E-state index contributed by atoms with van der Waals surface area (Å²) in [6, 6.07) is 10.4. The zero-order chi connectivity index (χ0) is 18.5. The lowest BCUT2D eigenvalue weighted by molar-refractivity contribution is -0.124. The summed E-state index contributed by atoms with van der Waals surface area (Å²) in [5.41, 5.74) is 2.60. The Bertz CT molecular complexity index is 731. The zero-order valence-electron chi connectivity index (χ0n) is 15.3. The molecule has 6 heteroatoms. The third-order valence-corrected chi connectivity index (χ3v) is 6.24. The van der Waals surface area contributed by atoms with Gasteiger partial charge in [0.2, 0.25) is 5.91 Å². The standard InChI is InChI=1S/C20H26ClN3OS/c1-14(11-22-2)20(25)23-12-18(15-3-5-17(21)6-4-15)24-9-7-19-16(13-24)8-10-26-19/h3-6,8,10,14,18,22H,7,9,11-13H2,1-2H3,(H,23,25). The maximum absolute atomic E-state index is 12.4. The quantitative estimate of drug-likeness (QED) is 0.759.